The second kappa shape index (κ2) is 6.88. The molecular weight excluding hydrogens is 350 g/mol. The van der Waals surface area contributed by atoms with Crippen LogP contribution in [0.5, 0.6) is 0 Å². The molecule has 1 fully saturated rings. The number of fused-ring (bicyclic) bond motifs is 1. The molecule has 0 bridgehead atoms. The van der Waals surface area contributed by atoms with Crippen molar-refractivity contribution < 1.29 is 4.79 Å². The zero-order valence-electron chi connectivity index (χ0n) is 15.3. The fourth-order valence-electron chi connectivity index (χ4n) is 3.71. The van der Waals surface area contributed by atoms with Gasteiger partial charge >= 0.3 is 0 Å². The van der Waals surface area contributed by atoms with E-state index in [-0.39, 0.29) is 11.8 Å². The Morgan fingerprint density at radius 3 is 2.61 bits per heavy atom. The van der Waals surface area contributed by atoms with Gasteiger partial charge < -0.3 is 4.90 Å². The maximum atomic E-state index is 12.7. The first kappa shape index (κ1) is 16.6. The number of pyridine rings is 2. The van der Waals surface area contributed by atoms with Gasteiger partial charge in [0.1, 0.15) is 0 Å². The minimum atomic E-state index is 0.0758. The minimum Gasteiger partial charge on any atom is -0.338 e. The highest BCUT2D eigenvalue weighted by Gasteiger charge is 2.30. The monoisotopic (exact) mass is 369 g/mol. The number of aromatic nitrogens is 4. The van der Waals surface area contributed by atoms with Gasteiger partial charge in [-0.15, -0.1) is 0 Å². The molecule has 1 unspecified atom stereocenters. The third-order valence-corrected chi connectivity index (χ3v) is 5.22. The Morgan fingerprint density at radius 1 is 0.964 bits per heavy atom. The topological polar surface area (TPSA) is 63.4 Å². The van der Waals surface area contributed by atoms with Crippen LogP contribution < -0.4 is 0 Å². The van der Waals surface area contributed by atoms with E-state index in [4.69, 9.17) is 10.1 Å². The number of benzene rings is 1. The number of likely N-dealkylation sites (tertiary alicyclic amines) is 1. The van der Waals surface area contributed by atoms with Gasteiger partial charge in [0, 0.05) is 48.7 Å². The van der Waals surface area contributed by atoms with E-state index < -0.39 is 0 Å². The zero-order valence-corrected chi connectivity index (χ0v) is 15.3. The van der Waals surface area contributed by atoms with Crippen molar-refractivity contribution in [3.8, 4) is 11.1 Å². The molecule has 0 N–H and O–H groups in total. The van der Waals surface area contributed by atoms with Crippen LogP contribution in [0, 0.1) is 0 Å². The molecule has 5 rings (SSSR count). The predicted molar refractivity (Wildman–Crippen MR) is 106 cm³/mol. The van der Waals surface area contributed by atoms with Crippen LogP contribution in [0.4, 0.5) is 0 Å². The van der Waals surface area contributed by atoms with Crippen molar-refractivity contribution in [3.05, 3.63) is 84.6 Å². The fraction of sp³-hybridized carbons (Fsp3) is 0.182. The van der Waals surface area contributed by atoms with Gasteiger partial charge in [0.05, 0.1) is 0 Å². The molecule has 28 heavy (non-hydrogen) atoms. The molecule has 1 atom stereocenters. The van der Waals surface area contributed by atoms with E-state index in [1.807, 2.05) is 70.2 Å². The number of hydrogen-bond acceptors (Lipinski definition) is 4. The van der Waals surface area contributed by atoms with Gasteiger partial charge in [-0.25, -0.2) is 9.50 Å². The molecule has 4 heterocycles. The minimum absolute atomic E-state index is 0.0758. The number of carbonyl (C=O) groups excluding carboxylic acids is 1. The van der Waals surface area contributed by atoms with Gasteiger partial charge in [0.2, 0.25) is 0 Å². The third kappa shape index (κ3) is 3.03. The summed E-state index contributed by atoms with van der Waals surface area (Å²) in [7, 11) is 0. The number of amides is 1. The summed E-state index contributed by atoms with van der Waals surface area (Å²) >= 11 is 0. The molecule has 6 heteroatoms. The van der Waals surface area contributed by atoms with E-state index in [2.05, 4.69) is 4.98 Å². The van der Waals surface area contributed by atoms with Crippen LogP contribution in [-0.2, 0) is 0 Å². The highest BCUT2D eigenvalue weighted by Crippen LogP contribution is 2.27. The first-order valence-electron chi connectivity index (χ1n) is 9.39. The van der Waals surface area contributed by atoms with E-state index in [0.29, 0.717) is 6.54 Å². The fourth-order valence-corrected chi connectivity index (χ4v) is 3.71. The normalized spacial score (nSPS) is 16.6. The largest absolute Gasteiger partial charge is 0.338 e. The summed E-state index contributed by atoms with van der Waals surface area (Å²) in [5.41, 5.74) is 3.71. The molecule has 0 radical (unpaired) electrons. The van der Waals surface area contributed by atoms with Crippen molar-refractivity contribution in [2.45, 2.75) is 12.3 Å². The molecule has 0 aliphatic carbocycles. The Labute approximate surface area is 162 Å². The van der Waals surface area contributed by atoms with Crippen molar-refractivity contribution in [2.24, 2.45) is 0 Å². The second-order valence-corrected chi connectivity index (χ2v) is 7.03. The Hall–Kier alpha value is -3.54. The van der Waals surface area contributed by atoms with E-state index in [0.717, 1.165) is 41.1 Å². The van der Waals surface area contributed by atoms with Gasteiger partial charge in [-0.3, -0.25) is 9.78 Å². The predicted octanol–water partition coefficient (Wildman–Crippen LogP) is 3.42. The van der Waals surface area contributed by atoms with E-state index in [1.54, 1.807) is 12.4 Å². The lowest BCUT2D eigenvalue weighted by Crippen LogP contribution is -2.28. The molecule has 1 saturated heterocycles. The summed E-state index contributed by atoms with van der Waals surface area (Å²) in [5.74, 6) is 1.04. The summed E-state index contributed by atoms with van der Waals surface area (Å²) in [6, 6.07) is 17.4. The SMILES string of the molecule is O=C(c1ccccc1)N1CCC(c2nc3ccc(-c4ccncc4)cn3n2)C1. The molecule has 0 saturated carbocycles. The standard InChI is InChI=1S/C22H19N5O/c28-22(17-4-2-1-3-5-17)26-13-10-19(14-26)21-24-20-7-6-18(15-27(20)25-21)16-8-11-23-12-9-16/h1-9,11-12,15,19H,10,13-14H2. The first-order valence-corrected chi connectivity index (χ1v) is 9.39. The van der Waals surface area contributed by atoms with Crippen LogP contribution in [-0.4, -0.2) is 43.5 Å². The van der Waals surface area contributed by atoms with Crippen molar-refractivity contribution in [1.82, 2.24) is 24.5 Å². The molecular formula is C22H19N5O. The zero-order chi connectivity index (χ0) is 18.9. The quantitative estimate of drug-likeness (QED) is 0.555. The Balaban J connectivity index is 1.37. The molecule has 0 spiro atoms. The number of nitrogens with zero attached hydrogens (tertiary/aromatic N) is 5. The third-order valence-electron chi connectivity index (χ3n) is 5.22. The molecule has 1 aliphatic rings. The van der Waals surface area contributed by atoms with Crippen LogP contribution in [0.3, 0.4) is 0 Å². The lowest BCUT2D eigenvalue weighted by Gasteiger charge is -2.15. The Bertz CT molecular complexity index is 1120. The van der Waals surface area contributed by atoms with E-state index in [1.165, 1.54) is 0 Å². The Morgan fingerprint density at radius 2 is 1.79 bits per heavy atom. The highest BCUT2D eigenvalue weighted by molar-refractivity contribution is 5.94. The molecule has 1 aromatic carbocycles. The number of hydrogen-bond donors (Lipinski definition) is 0. The number of rotatable bonds is 3. The average Bonchev–Trinajstić information content (AvgIpc) is 3.41. The van der Waals surface area contributed by atoms with Gasteiger partial charge in [0.15, 0.2) is 11.5 Å². The summed E-state index contributed by atoms with van der Waals surface area (Å²) in [6.45, 7) is 1.39. The molecule has 4 aromatic rings. The van der Waals surface area contributed by atoms with Crippen LogP contribution in [0.15, 0.2) is 73.2 Å². The van der Waals surface area contributed by atoms with Crippen LogP contribution in [0.25, 0.3) is 16.8 Å². The summed E-state index contributed by atoms with van der Waals surface area (Å²) in [5, 5.41) is 4.70. The maximum absolute atomic E-state index is 12.7. The lowest BCUT2D eigenvalue weighted by atomic mass is 10.1. The van der Waals surface area contributed by atoms with Crippen LogP contribution in [0.2, 0.25) is 0 Å². The van der Waals surface area contributed by atoms with Gasteiger partial charge in [0.25, 0.3) is 5.91 Å². The van der Waals surface area contributed by atoms with Crippen molar-refractivity contribution >= 4 is 11.6 Å². The van der Waals surface area contributed by atoms with Crippen molar-refractivity contribution in [3.63, 3.8) is 0 Å². The summed E-state index contributed by atoms with van der Waals surface area (Å²) in [4.78, 5) is 23.3. The first-order chi connectivity index (χ1) is 13.8. The Kier molecular flexibility index (Phi) is 4.09. The average molecular weight is 369 g/mol. The van der Waals surface area contributed by atoms with Gasteiger partial charge in [-0.1, -0.05) is 18.2 Å². The second-order valence-electron chi connectivity index (χ2n) is 7.03. The maximum Gasteiger partial charge on any atom is 0.253 e. The molecule has 3 aromatic heterocycles. The molecule has 1 aliphatic heterocycles. The molecule has 1 amide bonds. The summed E-state index contributed by atoms with van der Waals surface area (Å²) < 4.78 is 1.83. The van der Waals surface area contributed by atoms with E-state index >= 15 is 0 Å². The molecule has 6 nitrogen and oxygen atoms in total. The highest BCUT2D eigenvalue weighted by atomic mass is 16.2. The van der Waals surface area contributed by atoms with E-state index in [9.17, 15) is 4.79 Å². The van der Waals surface area contributed by atoms with Crippen LogP contribution in [0.1, 0.15) is 28.5 Å². The van der Waals surface area contributed by atoms with Crippen molar-refractivity contribution in [1.29, 1.82) is 0 Å². The van der Waals surface area contributed by atoms with Crippen LogP contribution >= 0.6 is 0 Å². The summed E-state index contributed by atoms with van der Waals surface area (Å²) in [6.07, 6.45) is 6.43. The van der Waals surface area contributed by atoms with Gasteiger partial charge in [-0.2, -0.15) is 5.10 Å². The molecule has 138 valence electrons. The van der Waals surface area contributed by atoms with Gasteiger partial charge in [-0.05, 0) is 48.4 Å². The lowest BCUT2D eigenvalue weighted by molar-refractivity contribution is 0.0790. The number of carbonyl (C=O) groups is 1. The smallest absolute Gasteiger partial charge is 0.253 e. The van der Waals surface area contributed by atoms with Crippen molar-refractivity contribution in [2.75, 3.05) is 13.1 Å².